The zero-order valence-electron chi connectivity index (χ0n) is 13.2. The van der Waals surface area contributed by atoms with Crippen LogP contribution in [0.1, 0.15) is 31.2 Å². The van der Waals surface area contributed by atoms with Gasteiger partial charge in [0.1, 0.15) is 12.4 Å². The highest BCUT2D eigenvalue weighted by atomic mass is 16.5. The Labute approximate surface area is 135 Å². The highest BCUT2D eigenvalue weighted by molar-refractivity contribution is 5.72. The highest BCUT2D eigenvalue weighted by Crippen LogP contribution is 2.36. The number of pyridine rings is 2. The maximum atomic E-state index is 9.23. The monoisotopic (exact) mass is 312 g/mol. The van der Waals surface area contributed by atoms with E-state index in [1.165, 1.54) is 29.8 Å². The zero-order valence-corrected chi connectivity index (χ0v) is 13.2. The third-order valence-corrected chi connectivity index (χ3v) is 4.01. The minimum atomic E-state index is -0.00461. The molecule has 0 fully saturated rings. The summed E-state index contributed by atoms with van der Waals surface area (Å²) in [4.78, 5) is 8.13. The van der Waals surface area contributed by atoms with E-state index in [1.54, 1.807) is 19.4 Å². The van der Waals surface area contributed by atoms with Crippen molar-refractivity contribution in [2.24, 2.45) is 0 Å². The summed E-state index contributed by atoms with van der Waals surface area (Å²) in [6, 6.07) is 7.22. The molecule has 0 bridgehead atoms. The van der Waals surface area contributed by atoms with Crippen molar-refractivity contribution in [3.63, 3.8) is 0 Å². The fraction of sp³-hybridized carbons (Fsp3) is 0.333. The first-order valence-corrected chi connectivity index (χ1v) is 7.76. The molecule has 0 saturated carbocycles. The molecule has 2 aromatic rings. The average Bonchev–Trinajstić information content (AvgIpc) is 2.61. The van der Waals surface area contributed by atoms with Crippen LogP contribution in [0, 0.1) is 0 Å². The Morgan fingerprint density at radius 2 is 2.00 bits per heavy atom. The molecule has 0 unspecified atom stereocenters. The second kappa shape index (κ2) is 7.13. The third-order valence-electron chi connectivity index (χ3n) is 4.01. The maximum Gasteiger partial charge on any atom is 0.220 e. The standard InChI is InChI=1S/C18H20N2O3/c1-22-18-16(7-4-10-19-18)15-6-3-2-5-13(15)12-23-14-8-9-17(21)20-11-14/h4,7-11H,2-3,5-6,12H2,1H3,(H,20,21). The Morgan fingerprint density at radius 1 is 1.13 bits per heavy atom. The Balaban J connectivity index is 1.84. The molecule has 2 heterocycles. The molecule has 0 atom stereocenters. The third kappa shape index (κ3) is 3.62. The molecule has 23 heavy (non-hydrogen) atoms. The van der Waals surface area contributed by atoms with E-state index in [1.807, 2.05) is 6.07 Å². The second-order valence-corrected chi connectivity index (χ2v) is 5.49. The van der Waals surface area contributed by atoms with Gasteiger partial charge in [0.25, 0.3) is 0 Å². The molecule has 1 aliphatic rings. The zero-order chi connectivity index (χ0) is 16.1. The predicted molar refractivity (Wildman–Crippen MR) is 87.6 cm³/mol. The van der Waals surface area contributed by atoms with E-state index < -0.39 is 0 Å². The maximum absolute atomic E-state index is 9.23. The van der Waals surface area contributed by atoms with Gasteiger partial charge in [-0.2, -0.15) is 0 Å². The molecule has 0 aliphatic heterocycles. The molecular weight excluding hydrogens is 292 g/mol. The van der Waals surface area contributed by atoms with Gasteiger partial charge in [-0.15, -0.1) is 0 Å². The predicted octanol–water partition coefficient (Wildman–Crippen LogP) is 3.60. The van der Waals surface area contributed by atoms with Gasteiger partial charge in [0.15, 0.2) is 0 Å². The van der Waals surface area contributed by atoms with Gasteiger partial charge < -0.3 is 14.6 Å². The molecule has 1 aliphatic carbocycles. The second-order valence-electron chi connectivity index (χ2n) is 5.49. The van der Waals surface area contributed by atoms with Crippen LogP contribution in [0.15, 0.2) is 42.2 Å². The number of aromatic nitrogens is 2. The molecule has 0 aromatic carbocycles. The molecule has 1 N–H and O–H groups in total. The summed E-state index contributed by atoms with van der Waals surface area (Å²) in [7, 11) is 1.65. The van der Waals surface area contributed by atoms with Crippen LogP contribution in [0.2, 0.25) is 0 Å². The summed E-state index contributed by atoms with van der Waals surface area (Å²) in [5.74, 6) is 1.31. The summed E-state index contributed by atoms with van der Waals surface area (Å²) >= 11 is 0. The number of aromatic hydroxyl groups is 1. The molecule has 5 heteroatoms. The van der Waals surface area contributed by atoms with Crippen LogP contribution in [-0.2, 0) is 0 Å². The lowest BCUT2D eigenvalue weighted by Crippen LogP contribution is -2.09. The number of ether oxygens (including phenoxy) is 2. The van der Waals surface area contributed by atoms with Gasteiger partial charge in [0.05, 0.1) is 13.3 Å². The first kappa shape index (κ1) is 15.3. The van der Waals surface area contributed by atoms with E-state index in [2.05, 4.69) is 16.0 Å². The normalized spacial score (nSPS) is 14.7. The first-order chi connectivity index (χ1) is 11.3. The lowest BCUT2D eigenvalue weighted by molar-refractivity contribution is 0.341. The molecule has 2 aromatic heterocycles. The van der Waals surface area contributed by atoms with Gasteiger partial charge in [0, 0.05) is 17.8 Å². The van der Waals surface area contributed by atoms with Crippen molar-refractivity contribution in [2.45, 2.75) is 25.7 Å². The van der Waals surface area contributed by atoms with Crippen LogP contribution in [0.25, 0.3) is 5.57 Å². The first-order valence-electron chi connectivity index (χ1n) is 7.76. The average molecular weight is 312 g/mol. The lowest BCUT2D eigenvalue weighted by Gasteiger charge is -2.22. The van der Waals surface area contributed by atoms with Crippen molar-refractivity contribution in [3.8, 4) is 17.5 Å². The molecule has 0 saturated heterocycles. The van der Waals surface area contributed by atoms with Gasteiger partial charge in [0.2, 0.25) is 11.8 Å². The van der Waals surface area contributed by atoms with Gasteiger partial charge in [-0.1, -0.05) is 0 Å². The van der Waals surface area contributed by atoms with Gasteiger partial charge in [-0.05, 0) is 55.0 Å². The highest BCUT2D eigenvalue weighted by Gasteiger charge is 2.18. The van der Waals surface area contributed by atoms with E-state index >= 15 is 0 Å². The molecule has 120 valence electrons. The summed E-state index contributed by atoms with van der Waals surface area (Å²) in [5.41, 5.74) is 3.60. The van der Waals surface area contributed by atoms with Gasteiger partial charge in [-0.3, -0.25) is 0 Å². The van der Waals surface area contributed by atoms with Crippen LogP contribution in [0.4, 0.5) is 0 Å². The molecule has 0 amide bonds. The number of allylic oxidation sites excluding steroid dienone is 1. The number of methoxy groups -OCH3 is 1. The van der Waals surface area contributed by atoms with Crippen LogP contribution in [0.3, 0.4) is 0 Å². The summed E-state index contributed by atoms with van der Waals surface area (Å²) in [5, 5.41) is 9.23. The Bertz CT molecular complexity index is 696. The van der Waals surface area contributed by atoms with Crippen molar-refractivity contribution >= 4 is 5.57 Å². The number of hydrogen-bond donors (Lipinski definition) is 1. The fourth-order valence-corrected chi connectivity index (χ4v) is 2.86. The molecule has 3 rings (SSSR count). The van der Waals surface area contributed by atoms with E-state index in [9.17, 15) is 5.11 Å². The SMILES string of the molecule is COc1ncccc1C1=C(COc2ccc(O)nc2)CCCC1. The molecule has 5 nitrogen and oxygen atoms in total. The van der Waals surface area contributed by atoms with Crippen molar-refractivity contribution in [1.29, 1.82) is 0 Å². The summed E-state index contributed by atoms with van der Waals surface area (Å²) in [6.07, 6.45) is 7.62. The van der Waals surface area contributed by atoms with Crippen LogP contribution in [-0.4, -0.2) is 28.8 Å². The van der Waals surface area contributed by atoms with Crippen LogP contribution < -0.4 is 9.47 Å². The largest absolute Gasteiger partial charge is 0.493 e. The van der Waals surface area contributed by atoms with Crippen molar-refractivity contribution < 1.29 is 14.6 Å². The van der Waals surface area contributed by atoms with E-state index in [4.69, 9.17) is 9.47 Å². The van der Waals surface area contributed by atoms with Gasteiger partial charge >= 0.3 is 0 Å². The van der Waals surface area contributed by atoms with E-state index in [0.717, 1.165) is 24.8 Å². The van der Waals surface area contributed by atoms with Gasteiger partial charge in [-0.25, -0.2) is 9.97 Å². The smallest absolute Gasteiger partial charge is 0.220 e. The number of nitrogens with zero attached hydrogens (tertiary/aromatic N) is 2. The summed E-state index contributed by atoms with van der Waals surface area (Å²) < 4.78 is 11.2. The summed E-state index contributed by atoms with van der Waals surface area (Å²) in [6.45, 7) is 0.514. The minimum absolute atomic E-state index is 0.00461. The number of rotatable bonds is 5. The van der Waals surface area contributed by atoms with Crippen molar-refractivity contribution in [1.82, 2.24) is 9.97 Å². The Hall–Kier alpha value is -2.56. The van der Waals surface area contributed by atoms with Crippen molar-refractivity contribution in [3.05, 3.63) is 47.8 Å². The van der Waals surface area contributed by atoms with E-state index in [0.29, 0.717) is 18.2 Å². The lowest BCUT2D eigenvalue weighted by atomic mass is 9.88. The molecular formula is C18H20N2O3. The molecule has 0 radical (unpaired) electrons. The minimum Gasteiger partial charge on any atom is -0.493 e. The van der Waals surface area contributed by atoms with E-state index in [-0.39, 0.29) is 5.88 Å². The van der Waals surface area contributed by atoms with Crippen LogP contribution in [0.5, 0.6) is 17.5 Å². The molecule has 0 spiro atoms. The topological polar surface area (TPSA) is 64.5 Å². The van der Waals surface area contributed by atoms with Crippen LogP contribution >= 0.6 is 0 Å². The Morgan fingerprint density at radius 3 is 2.78 bits per heavy atom. The fourth-order valence-electron chi connectivity index (χ4n) is 2.86. The quantitative estimate of drug-likeness (QED) is 0.914. The number of hydrogen-bond acceptors (Lipinski definition) is 5. The Kier molecular flexibility index (Phi) is 4.76. The van der Waals surface area contributed by atoms with Crippen molar-refractivity contribution in [2.75, 3.05) is 13.7 Å².